The number of hydrogen-bond acceptors (Lipinski definition) is 3. The van der Waals surface area contributed by atoms with Gasteiger partial charge in [-0.15, -0.1) is 0 Å². The summed E-state index contributed by atoms with van der Waals surface area (Å²) in [7, 11) is 0. The van der Waals surface area contributed by atoms with Gasteiger partial charge in [0.05, 0.1) is 0 Å². The van der Waals surface area contributed by atoms with Crippen molar-refractivity contribution in [3.63, 3.8) is 0 Å². The summed E-state index contributed by atoms with van der Waals surface area (Å²) in [5.74, 6) is 0. The van der Waals surface area contributed by atoms with Crippen LogP contribution >= 0.6 is 0 Å². The second-order valence-corrected chi connectivity index (χ2v) is 8.39. The van der Waals surface area contributed by atoms with Crippen molar-refractivity contribution in [3.05, 3.63) is 0 Å². The molecule has 0 unspecified atom stereocenters. The zero-order valence-electron chi connectivity index (χ0n) is 13.1. The van der Waals surface area contributed by atoms with E-state index < -0.39 is 0 Å². The fourth-order valence-corrected chi connectivity index (χ4v) is 3.17. The Morgan fingerprint density at radius 3 is 1.94 bits per heavy atom. The molecule has 2 aliphatic rings. The van der Waals surface area contributed by atoms with Crippen LogP contribution in [-0.4, -0.2) is 53.7 Å². The average Bonchev–Trinajstić information content (AvgIpc) is 2.69. The van der Waals surface area contributed by atoms with Crippen LogP contribution in [0.2, 0.25) is 0 Å². The zero-order valence-corrected chi connectivity index (χ0v) is 13.1. The van der Waals surface area contributed by atoms with Gasteiger partial charge in [0.1, 0.15) is 0 Å². The van der Waals surface area contributed by atoms with Crippen molar-refractivity contribution >= 4 is 0 Å². The molecule has 2 bridgehead atoms. The quantitative estimate of drug-likeness (QED) is 0.831. The van der Waals surface area contributed by atoms with Gasteiger partial charge >= 0.3 is 0 Å². The van der Waals surface area contributed by atoms with Crippen molar-refractivity contribution < 1.29 is 0 Å². The number of nitrogens with one attached hydrogen (secondary N) is 1. The van der Waals surface area contributed by atoms with E-state index in [2.05, 4.69) is 56.7 Å². The normalized spacial score (nSPS) is 30.3. The molecule has 2 aliphatic heterocycles. The Bertz CT molecular complexity index is 287. The van der Waals surface area contributed by atoms with Gasteiger partial charge in [-0.1, -0.05) is 20.8 Å². The molecule has 2 atom stereocenters. The Balaban J connectivity index is 1.80. The van der Waals surface area contributed by atoms with Crippen molar-refractivity contribution in [2.75, 3.05) is 26.3 Å². The lowest BCUT2D eigenvalue weighted by Gasteiger charge is -2.38. The Morgan fingerprint density at radius 1 is 0.944 bits per heavy atom. The molecule has 2 saturated heterocycles. The molecule has 0 saturated carbocycles. The van der Waals surface area contributed by atoms with E-state index >= 15 is 0 Å². The summed E-state index contributed by atoms with van der Waals surface area (Å²) in [6.07, 6.45) is 1.38. The van der Waals surface area contributed by atoms with E-state index in [1.54, 1.807) is 0 Å². The lowest BCUT2D eigenvalue weighted by atomic mass is 9.95. The van der Waals surface area contributed by atoms with Crippen LogP contribution in [0.4, 0.5) is 0 Å². The van der Waals surface area contributed by atoms with Gasteiger partial charge in [0.2, 0.25) is 0 Å². The number of nitrogens with zero attached hydrogens (tertiary/aromatic N) is 2. The maximum Gasteiger partial charge on any atom is 0.0488 e. The number of fused-ring (bicyclic) bond motifs is 2. The van der Waals surface area contributed by atoms with Crippen LogP contribution in [0.1, 0.15) is 48.0 Å². The number of rotatable bonds is 3. The third kappa shape index (κ3) is 3.69. The largest absolute Gasteiger partial charge is 0.300 e. The Morgan fingerprint density at radius 2 is 1.50 bits per heavy atom. The predicted molar refractivity (Wildman–Crippen MR) is 77.7 cm³/mol. The molecule has 0 aromatic heterocycles. The molecule has 3 nitrogen and oxygen atoms in total. The Kier molecular flexibility index (Phi) is 3.79. The minimum absolute atomic E-state index is 0.229. The first-order valence-electron chi connectivity index (χ1n) is 7.37. The topological polar surface area (TPSA) is 18.5 Å². The maximum absolute atomic E-state index is 3.62. The van der Waals surface area contributed by atoms with E-state index in [0.29, 0.717) is 5.41 Å². The Hall–Kier alpha value is -0.120. The highest BCUT2D eigenvalue weighted by Gasteiger charge is 2.43. The molecule has 106 valence electrons. The van der Waals surface area contributed by atoms with E-state index in [4.69, 9.17) is 0 Å². The molecule has 0 aromatic carbocycles. The van der Waals surface area contributed by atoms with E-state index in [0.717, 1.165) is 18.8 Å². The molecule has 2 fully saturated rings. The maximum atomic E-state index is 3.62. The molecule has 2 rings (SSSR count). The second kappa shape index (κ2) is 4.77. The SMILES string of the molecule is CC(C)(C)CN1C[C@@H]2C[C@H]1CN2CNC(C)(C)C. The molecule has 0 radical (unpaired) electrons. The standard InChI is InChI=1S/C15H31N3/c1-14(2,3)10-17-8-13-7-12(17)9-18(13)11-16-15(4,5)6/h12-13,16H,7-11H2,1-6H3/t12-,13-/m0/s1. The van der Waals surface area contributed by atoms with Crippen LogP contribution in [0, 0.1) is 5.41 Å². The first-order chi connectivity index (χ1) is 8.14. The average molecular weight is 253 g/mol. The van der Waals surface area contributed by atoms with Crippen LogP contribution in [0.5, 0.6) is 0 Å². The summed E-state index contributed by atoms with van der Waals surface area (Å²) in [6.45, 7) is 18.6. The third-order valence-corrected chi connectivity index (χ3v) is 3.96. The molecule has 18 heavy (non-hydrogen) atoms. The second-order valence-electron chi connectivity index (χ2n) is 8.39. The van der Waals surface area contributed by atoms with E-state index in [1.165, 1.54) is 26.1 Å². The highest BCUT2D eigenvalue weighted by molar-refractivity contribution is 5.00. The van der Waals surface area contributed by atoms with Gasteiger partial charge in [0.25, 0.3) is 0 Å². The van der Waals surface area contributed by atoms with Crippen molar-refractivity contribution in [2.45, 2.75) is 65.6 Å². The predicted octanol–water partition coefficient (Wildman–Crippen LogP) is 2.14. The van der Waals surface area contributed by atoms with Gasteiger partial charge in [-0.2, -0.15) is 0 Å². The van der Waals surface area contributed by atoms with Crippen molar-refractivity contribution in [1.29, 1.82) is 0 Å². The van der Waals surface area contributed by atoms with Crippen molar-refractivity contribution in [3.8, 4) is 0 Å². The van der Waals surface area contributed by atoms with Gasteiger partial charge in [-0.3, -0.25) is 15.1 Å². The molecule has 3 heteroatoms. The third-order valence-electron chi connectivity index (χ3n) is 3.96. The first-order valence-corrected chi connectivity index (χ1v) is 7.37. The summed E-state index contributed by atoms with van der Waals surface area (Å²) >= 11 is 0. The molecule has 1 N–H and O–H groups in total. The summed E-state index contributed by atoms with van der Waals surface area (Å²) in [6, 6.07) is 1.59. The van der Waals surface area contributed by atoms with Crippen LogP contribution < -0.4 is 5.32 Å². The van der Waals surface area contributed by atoms with Gasteiger partial charge in [0, 0.05) is 43.9 Å². The molecular formula is C15H31N3. The number of likely N-dealkylation sites (tertiary alicyclic amines) is 2. The fraction of sp³-hybridized carbons (Fsp3) is 1.00. The molecule has 0 aromatic rings. The fourth-order valence-electron chi connectivity index (χ4n) is 3.17. The zero-order chi connectivity index (χ0) is 13.6. The van der Waals surface area contributed by atoms with Crippen molar-refractivity contribution in [2.24, 2.45) is 5.41 Å². The van der Waals surface area contributed by atoms with E-state index in [-0.39, 0.29) is 5.54 Å². The van der Waals surface area contributed by atoms with Gasteiger partial charge < -0.3 is 0 Å². The molecule has 2 heterocycles. The highest BCUT2D eigenvalue weighted by atomic mass is 15.4. The summed E-state index contributed by atoms with van der Waals surface area (Å²) in [5.41, 5.74) is 0.659. The summed E-state index contributed by atoms with van der Waals surface area (Å²) in [4.78, 5) is 5.34. The van der Waals surface area contributed by atoms with Gasteiger partial charge in [-0.25, -0.2) is 0 Å². The lowest BCUT2D eigenvalue weighted by molar-refractivity contribution is 0.0884. The molecule has 0 amide bonds. The smallest absolute Gasteiger partial charge is 0.0488 e. The van der Waals surface area contributed by atoms with Crippen LogP contribution in [0.3, 0.4) is 0 Å². The summed E-state index contributed by atoms with van der Waals surface area (Å²) < 4.78 is 0. The molecular weight excluding hydrogens is 222 g/mol. The van der Waals surface area contributed by atoms with Crippen LogP contribution in [0.25, 0.3) is 0 Å². The first kappa shape index (κ1) is 14.3. The minimum atomic E-state index is 0.229. The Labute approximate surface area is 113 Å². The van der Waals surface area contributed by atoms with Gasteiger partial charge in [-0.05, 0) is 32.6 Å². The number of piperazine rings is 1. The van der Waals surface area contributed by atoms with E-state index in [1.807, 2.05) is 0 Å². The summed E-state index contributed by atoms with van der Waals surface area (Å²) in [5, 5.41) is 3.62. The lowest BCUT2D eigenvalue weighted by Crippen LogP contribution is -2.53. The van der Waals surface area contributed by atoms with Crippen LogP contribution in [0.15, 0.2) is 0 Å². The molecule has 0 aliphatic carbocycles. The van der Waals surface area contributed by atoms with Gasteiger partial charge in [0.15, 0.2) is 0 Å². The number of hydrogen-bond donors (Lipinski definition) is 1. The highest BCUT2D eigenvalue weighted by Crippen LogP contribution is 2.32. The van der Waals surface area contributed by atoms with Crippen molar-refractivity contribution in [1.82, 2.24) is 15.1 Å². The minimum Gasteiger partial charge on any atom is -0.300 e. The van der Waals surface area contributed by atoms with Crippen LogP contribution in [-0.2, 0) is 0 Å². The monoisotopic (exact) mass is 253 g/mol. The van der Waals surface area contributed by atoms with E-state index in [9.17, 15) is 0 Å². The molecule has 0 spiro atoms.